The highest BCUT2D eigenvalue weighted by atomic mass is 32.2. The zero-order valence-electron chi connectivity index (χ0n) is 11.0. The Kier molecular flexibility index (Phi) is 5.24. The van der Waals surface area contributed by atoms with Crippen molar-refractivity contribution < 1.29 is 8.42 Å². The molecule has 1 aromatic heterocycles. The van der Waals surface area contributed by atoms with Gasteiger partial charge in [-0.05, 0) is 5.92 Å². The molecule has 1 atom stereocenters. The van der Waals surface area contributed by atoms with E-state index in [1.807, 2.05) is 0 Å². The van der Waals surface area contributed by atoms with E-state index in [0.717, 1.165) is 12.4 Å². The van der Waals surface area contributed by atoms with E-state index in [0.29, 0.717) is 12.3 Å². The molecule has 0 aliphatic heterocycles. The van der Waals surface area contributed by atoms with Crippen LogP contribution in [-0.2, 0) is 22.8 Å². The average Bonchev–Trinajstić information content (AvgIpc) is 2.61. The second-order valence-corrected chi connectivity index (χ2v) is 7.10. The first-order valence-corrected chi connectivity index (χ1v) is 7.88. The van der Waals surface area contributed by atoms with Gasteiger partial charge >= 0.3 is 0 Å². The number of nitrogens with two attached hydrogens (primary N) is 1. The van der Waals surface area contributed by atoms with E-state index in [4.69, 9.17) is 5.84 Å². The third kappa shape index (κ3) is 5.11. The molecule has 0 radical (unpaired) electrons. The van der Waals surface area contributed by atoms with E-state index in [-0.39, 0.29) is 11.8 Å². The van der Waals surface area contributed by atoms with Crippen molar-refractivity contribution in [2.45, 2.75) is 32.9 Å². The van der Waals surface area contributed by atoms with Crippen LogP contribution in [0, 0.1) is 5.92 Å². The van der Waals surface area contributed by atoms with Crippen LogP contribution in [0.2, 0.25) is 0 Å². The Hall–Kier alpha value is -0.990. The van der Waals surface area contributed by atoms with E-state index < -0.39 is 9.84 Å². The maximum atomic E-state index is 11.3. The Morgan fingerprint density at radius 1 is 1.50 bits per heavy atom. The highest BCUT2D eigenvalue weighted by Gasteiger charge is 2.17. The fraction of sp³-hybridized carbons (Fsp3) is 0.800. The van der Waals surface area contributed by atoms with Crippen LogP contribution in [-0.4, -0.2) is 41.2 Å². The van der Waals surface area contributed by atoms with Gasteiger partial charge in [0.1, 0.15) is 22.0 Å². The predicted molar refractivity (Wildman–Crippen MR) is 69.4 cm³/mol. The monoisotopic (exact) mass is 275 g/mol. The molecule has 7 nitrogen and oxygen atoms in total. The van der Waals surface area contributed by atoms with Crippen molar-refractivity contribution in [2.24, 2.45) is 11.8 Å². The molecule has 3 N–H and O–H groups in total. The van der Waals surface area contributed by atoms with Crippen molar-refractivity contribution in [3.63, 3.8) is 0 Å². The molecule has 0 aromatic carbocycles. The molecular formula is C10H21N5O2S. The van der Waals surface area contributed by atoms with Gasteiger partial charge < -0.3 is 0 Å². The number of rotatable bonds is 7. The van der Waals surface area contributed by atoms with Crippen molar-refractivity contribution in [3.8, 4) is 0 Å². The minimum atomic E-state index is -3.07. The lowest BCUT2D eigenvalue weighted by atomic mass is 10.2. The molecule has 0 bridgehead atoms. The fourth-order valence-electron chi connectivity index (χ4n) is 1.70. The van der Waals surface area contributed by atoms with Gasteiger partial charge in [0.25, 0.3) is 0 Å². The molecule has 104 valence electrons. The number of sulfone groups is 1. The predicted octanol–water partition coefficient (Wildman–Crippen LogP) is -0.647. The van der Waals surface area contributed by atoms with Crippen LogP contribution in [0.4, 0.5) is 0 Å². The van der Waals surface area contributed by atoms with Gasteiger partial charge in [0, 0.05) is 25.3 Å². The summed E-state index contributed by atoms with van der Waals surface area (Å²) in [6, 6.07) is -0.352. The molecular weight excluding hydrogens is 254 g/mol. The van der Waals surface area contributed by atoms with Crippen LogP contribution in [0.5, 0.6) is 0 Å². The van der Waals surface area contributed by atoms with Crippen LogP contribution in [0.25, 0.3) is 0 Å². The number of hydrazine groups is 1. The largest absolute Gasteiger partial charge is 0.271 e. The van der Waals surface area contributed by atoms with Crippen molar-refractivity contribution >= 4 is 9.84 Å². The maximum absolute atomic E-state index is 11.3. The van der Waals surface area contributed by atoms with Gasteiger partial charge in [-0.15, -0.1) is 0 Å². The van der Waals surface area contributed by atoms with E-state index in [1.165, 1.54) is 12.6 Å². The first-order valence-electron chi connectivity index (χ1n) is 5.82. The second-order valence-electron chi connectivity index (χ2n) is 4.91. The Balaban J connectivity index is 2.73. The molecule has 0 aliphatic carbocycles. The normalized spacial score (nSPS) is 14.1. The van der Waals surface area contributed by atoms with Gasteiger partial charge in [-0.3, -0.25) is 11.3 Å². The average molecular weight is 275 g/mol. The summed E-state index contributed by atoms with van der Waals surface area (Å²) < 4.78 is 24.3. The topological polar surface area (TPSA) is 103 Å². The van der Waals surface area contributed by atoms with Crippen molar-refractivity contribution in [2.75, 3.05) is 12.0 Å². The van der Waals surface area contributed by atoms with Crippen molar-refractivity contribution in [1.82, 2.24) is 20.2 Å². The van der Waals surface area contributed by atoms with Gasteiger partial charge in [-0.25, -0.2) is 18.1 Å². The molecule has 8 heteroatoms. The van der Waals surface area contributed by atoms with Crippen LogP contribution >= 0.6 is 0 Å². The Morgan fingerprint density at radius 3 is 2.67 bits per heavy atom. The number of aromatic nitrogens is 3. The van der Waals surface area contributed by atoms with E-state index in [1.54, 1.807) is 4.68 Å². The molecule has 1 rings (SSSR count). The fourth-order valence-corrected chi connectivity index (χ4v) is 2.64. The minimum absolute atomic E-state index is 0.0158. The third-order valence-corrected chi connectivity index (χ3v) is 3.41. The summed E-state index contributed by atoms with van der Waals surface area (Å²) in [4.78, 5) is 4.15. The number of hydrogen-bond acceptors (Lipinski definition) is 6. The highest BCUT2D eigenvalue weighted by Crippen LogP contribution is 2.05. The molecule has 18 heavy (non-hydrogen) atoms. The van der Waals surface area contributed by atoms with Gasteiger partial charge in [0.2, 0.25) is 0 Å². The summed E-state index contributed by atoms with van der Waals surface area (Å²) >= 11 is 0. The molecule has 0 fully saturated rings. The van der Waals surface area contributed by atoms with Crippen LogP contribution < -0.4 is 11.3 Å². The van der Waals surface area contributed by atoms with Crippen molar-refractivity contribution in [3.05, 3.63) is 12.2 Å². The van der Waals surface area contributed by atoms with Gasteiger partial charge in [-0.1, -0.05) is 13.8 Å². The quantitative estimate of drug-likeness (QED) is 0.506. The van der Waals surface area contributed by atoms with Gasteiger partial charge in [-0.2, -0.15) is 5.10 Å². The van der Waals surface area contributed by atoms with E-state index in [2.05, 4.69) is 29.4 Å². The lowest BCUT2D eigenvalue weighted by Crippen LogP contribution is -2.42. The highest BCUT2D eigenvalue weighted by molar-refractivity contribution is 7.90. The molecule has 0 aliphatic rings. The smallest absolute Gasteiger partial charge is 0.149 e. The standard InChI is InChI=1S/C10H21N5O2S/c1-8(2)5-15-10(12-7-13-15)4-9(14-11)6-18(3,16)17/h7-9,14H,4-6,11H2,1-3H3. The summed E-state index contributed by atoms with van der Waals surface area (Å²) in [5.41, 5.74) is 2.52. The Bertz CT molecular complexity index is 468. The number of hydrogen-bond donors (Lipinski definition) is 2. The maximum Gasteiger partial charge on any atom is 0.149 e. The van der Waals surface area contributed by atoms with E-state index in [9.17, 15) is 8.42 Å². The minimum Gasteiger partial charge on any atom is -0.271 e. The molecule has 0 amide bonds. The zero-order chi connectivity index (χ0) is 13.8. The molecule has 1 aromatic rings. The molecule has 0 saturated heterocycles. The van der Waals surface area contributed by atoms with Gasteiger partial charge in [0.15, 0.2) is 0 Å². The van der Waals surface area contributed by atoms with Gasteiger partial charge in [0.05, 0.1) is 5.75 Å². The third-order valence-electron chi connectivity index (χ3n) is 2.40. The second kappa shape index (κ2) is 6.26. The van der Waals surface area contributed by atoms with E-state index >= 15 is 0 Å². The van der Waals surface area contributed by atoms with Crippen molar-refractivity contribution in [1.29, 1.82) is 0 Å². The lowest BCUT2D eigenvalue weighted by molar-refractivity contribution is 0.449. The number of nitrogens with zero attached hydrogens (tertiary/aromatic N) is 3. The summed E-state index contributed by atoms with van der Waals surface area (Å²) in [7, 11) is -3.07. The number of nitrogens with one attached hydrogen (secondary N) is 1. The zero-order valence-corrected chi connectivity index (χ0v) is 11.8. The lowest BCUT2D eigenvalue weighted by Gasteiger charge is -2.15. The molecule has 0 saturated carbocycles. The molecule has 1 unspecified atom stereocenters. The van der Waals surface area contributed by atoms with Crippen LogP contribution in [0.15, 0.2) is 6.33 Å². The Morgan fingerprint density at radius 2 is 2.17 bits per heavy atom. The summed E-state index contributed by atoms with van der Waals surface area (Å²) in [5.74, 6) is 6.55. The van der Waals surface area contributed by atoms with Crippen LogP contribution in [0.1, 0.15) is 19.7 Å². The summed E-state index contributed by atoms with van der Waals surface area (Å²) in [5, 5.41) is 4.13. The SMILES string of the molecule is CC(C)Cn1ncnc1CC(CS(C)(=O)=O)NN. The summed E-state index contributed by atoms with van der Waals surface area (Å²) in [6.07, 6.45) is 3.11. The molecule has 1 heterocycles. The summed E-state index contributed by atoms with van der Waals surface area (Å²) in [6.45, 7) is 4.92. The van der Waals surface area contributed by atoms with Crippen LogP contribution in [0.3, 0.4) is 0 Å². The first kappa shape index (κ1) is 15.1. The molecule has 0 spiro atoms. The first-order chi connectivity index (χ1) is 8.31. The Labute approximate surface area is 108 Å².